The van der Waals surface area contributed by atoms with Gasteiger partial charge in [0.2, 0.25) is 0 Å². The van der Waals surface area contributed by atoms with Crippen molar-refractivity contribution >= 4 is 11.7 Å². The van der Waals surface area contributed by atoms with Crippen LogP contribution in [0.2, 0.25) is 0 Å². The third-order valence-corrected chi connectivity index (χ3v) is 5.26. The molecule has 0 spiro atoms. The van der Waals surface area contributed by atoms with Crippen LogP contribution in [-0.4, -0.2) is 11.1 Å². The van der Waals surface area contributed by atoms with Crippen molar-refractivity contribution in [3.05, 3.63) is 94.6 Å². The molecule has 0 saturated carbocycles. The van der Waals surface area contributed by atoms with Crippen molar-refractivity contribution < 1.29 is 48.6 Å². The molecular weight excluding hydrogens is 406 g/mol. The Labute approximate surface area is 203 Å². The second kappa shape index (κ2) is 10.2. The Balaban J connectivity index is 0.00000272. The van der Waals surface area contributed by atoms with Gasteiger partial charge in [-0.15, -0.1) is 0 Å². The molecule has 1 N–H and O–H groups in total. The van der Waals surface area contributed by atoms with Gasteiger partial charge in [0.15, 0.2) is 6.09 Å². The molecule has 0 unspecified atom stereocenters. The first-order valence-corrected chi connectivity index (χ1v) is 9.87. The number of carbonyl (C=O) groups is 1. The zero-order valence-electron chi connectivity index (χ0n) is 17.7. The van der Waals surface area contributed by atoms with Crippen molar-refractivity contribution in [1.82, 2.24) is 10.4 Å². The Hall–Kier alpha value is -2.54. The minimum atomic E-state index is -1.34. The topological polar surface area (TPSA) is 64.6 Å². The number of halogens is 1. The number of allylic oxidation sites excluding steroid dienone is 4. The summed E-state index contributed by atoms with van der Waals surface area (Å²) in [6.07, 6.45) is 5.91. The van der Waals surface area contributed by atoms with Crippen molar-refractivity contribution in [2.24, 2.45) is 0 Å². The maximum Gasteiger partial charge on any atom is 1.00 e. The molecule has 0 bridgehead atoms. The van der Waals surface area contributed by atoms with Crippen molar-refractivity contribution in [2.75, 3.05) is 0 Å². The maximum atomic E-state index is 14.1. The first-order valence-electron chi connectivity index (χ1n) is 9.87. The van der Waals surface area contributed by atoms with E-state index >= 15 is 0 Å². The van der Waals surface area contributed by atoms with E-state index in [0.29, 0.717) is 23.6 Å². The third kappa shape index (κ3) is 5.39. The molecule has 0 fully saturated rings. The fourth-order valence-electron chi connectivity index (χ4n) is 3.75. The van der Waals surface area contributed by atoms with E-state index in [4.69, 9.17) is 4.74 Å². The van der Waals surface area contributed by atoms with Crippen LogP contribution < -0.4 is 44.8 Å². The summed E-state index contributed by atoms with van der Waals surface area (Å²) in [5, 5.41) is 12.1. The molecule has 154 valence electrons. The number of nitrogens with one attached hydrogen (secondary N) is 1. The van der Waals surface area contributed by atoms with Crippen LogP contribution >= 0.6 is 0 Å². The molecule has 0 aromatic heterocycles. The van der Waals surface area contributed by atoms with Gasteiger partial charge in [0.25, 0.3) is 0 Å². The molecule has 31 heavy (non-hydrogen) atoms. The smallest absolute Gasteiger partial charge is 0.528 e. The SMILES string of the molecule is Cc1ccc(COc2ccc(F)cc2C2=C(C3=CC=CN(C(=O)[O-])N3)CCC2)cc1.[Na+]. The standard InChI is InChI=1S/C24H23FN2O3.Na/c1-16-7-9-17(10-8-16)15-30-23-12-11-18(25)14-21(23)19-4-2-5-20(19)22-6-3-13-27(26-22)24(28)29;/h3,6-14,26H,2,4-5,15H2,1H3,(H,28,29);/q;+1/p-1. The van der Waals surface area contributed by atoms with Gasteiger partial charge in [-0.2, -0.15) is 0 Å². The first kappa shape index (κ1) is 23.1. The molecule has 1 aliphatic carbocycles. The van der Waals surface area contributed by atoms with Crippen molar-refractivity contribution in [3.8, 4) is 5.75 Å². The van der Waals surface area contributed by atoms with Gasteiger partial charge in [-0.05, 0) is 73.2 Å². The van der Waals surface area contributed by atoms with E-state index in [-0.39, 0.29) is 35.4 Å². The fraction of sp³-hybridized carbons (Fsp3) is 0.208. The number of hydrazine groups is 1. The maximum absolute atomic E-state index is 14.1. The zero-order valence-corrected chi connectivity index (χ0v) is 19.7. The summed E-state index contributed by atoms with van der Waals surface area (Å²) < 4.78 is 20.2. The largest absolute Gasteiger partial charge is 1.00 e. The molecule has 2 aromatic carbocycles. The van der Waals surface area contributed by atoms with Gasteiger partial charge in [-0.3, -0.25) is 5.43 Å². The van der Waals surface area contributed by atoms with Crippen molar-refractivity contribution in [3.63, 3.8) is 0 Å². The summed E-state index contributed by atoms with van der Waals surface area (Å²) in [7, 11) is 0. The molecule has 1 heterocycles. The van der Waals surface area contributed by atoms with Gasteiger partial charge in [-0.25, -0.2) is 9.40 Å². The van der Waals surface area contributed by atoms with Crippen LogP contribution in [0.4, 0.5) is 9.18 Å². The Morgan fingerprint density at radius 2 is 1.90 bits per heavy atom. The summed E-state index contributed by atoms with van der Waals surface area (Å²) in [5.41, 5.74) is 8.34. The predicted octanol–water partition coefficient (Wildman–Crippen LogP) is 1.22. The van der Waals surface area contributed by atoms with Gasteiger partial charge < -0.3 is 14.6 Å². The molecule has 7 heteroatoms. The monoisotopic (exact) mass is 428 g/mol. The summed E-state index contributed by atoms with van der Waals surface area (Å²) in [6, 6.07) is 12.6. The Kier molecular flexibility index (Phi) is 7.59. The molecule has 5 nitrogen and oxygen atoms in total. The van der Waals surface area contributed by atoms with E-state index in [1.54, 1.807) is 12.1 Å². The summed E-state index contributed by atoms with van der Waals surface area (Å²) in [5.74, 6) is 0.267. The van der Waals surface area contributed by atoms with Crippen LogP contribution in [0.5, 0.6) is 5.75 Å². The zero-order chi connectivity index (χ0) is 21.1. The number of ether oxygens (including phenoxy) is 1. The van der Waals surface area contributed by atoms with Gasteiger partial charge >= 0.3 is 29.6 Å². The number of aryl methyl sites for hydroxylation is 1. The molecule has 0 radical (unpaired) electrons. The number of carboxylic acid groups (broad SMARTS) is 1. The van der Waals surface area contributed by atoms with E-state index in [1.165, 1.54) is 23.9 Å². The van der Waals surface area contributed by atoms with Gasteiger partial charge in [0, 0.05) is 11.8 Å². The Bertz CT molecular complexity index is 1060. The molecule has 2 aliphatic rings. The predicted molar refractivity (Wildman–Crippen MR) is 110 cm³/mol. The van der Waals surface area contributed by atoms with E-state index < -0.39 is 6.09 Å². The molecule has 2 aromatic rings. The minimum absolute atomic E-state index is 0. The van der Waals surface area contributed by atoms with Crippen molar-refractivity contribution in [2.45, 2.75) is 32.8 Å². The first-order chi connectivity index (χ1) is 14.5. The second-order valence-electron chi connectivity index (χ2n) is 7.39. The van der Waals surface area contributed by atoms with E-state index in [1.807, 2.05) is 37.3 Å². The number of carbonyl (C=O) groups excluding carboxylic acids is 1. The quantitative estimate of drug-likeness (QED) is 0.728. The Morgan fingerprint density at radius 1 is 1.16 bits per heavy atom. The summed E-state index contributed by atoms with van der Waals surface area (Å²) in [4.78, 5) is 11.2. The number of hydrogen-bond acceptors (Lipinski definition) is 4. The third-order valence-electron chi connectivity index (χ3n) is 5.26. The average Bonchev–Trinajstić information content (AvgIpc) is 3.24. The summed E-state index contributed by atoms with van der Waals surface area (Å²) >= 11 is 0. The van der Waals surface area contributed by atoms with Gasteiger partial charge in [-0.1, -0.05) is 29.8 Å². The minimum Gasteiger partial charge on any atom is -0.528 e. The van der Waals surface area contributed by atoms with Crippen LogP contribution in [0, 0.1) is 12.7 Å². The van der Waals surface area contributed by atoms with Crippen LogP contribution in [0.3, 0.4) is 0 Å². The van der Waals surface area contributed by atoms with Gasteiger partial charge in [0.1, 0.15) is 18.2 Å². The molecule has 1 amide bonds. The van der Waals surface area contributed by atoms with E-state index in [2.05, 4.69) is 5.43 Å². The number of amides is 1. The number of benzene rings is 2. The van der Waals surface area contributed by atoms with E-state index in [9.17, 15) is 14.3 Å². The second-order valence-corrected chi connectivity index (χ2v) is 7.39. The number of nitrogens with zero attached hydrogens (tertiary/aromatic N) is 1. The average molecular weight is 428 g/mol. The molecule has 4 rings (SSSR count). The van der Waals surface area contributed by atoms with Crippen molar-refractivity contribution in [1.29, 1.82) is 0 Å². The molecule has 0 saturated heterocycles. The number of hydrogen-bond donors (Lipinski definition) is 1. The van der Waals surface area contributed by atoms with Gasteiger partial charge in [0.05, 0.1) is 5.70 Å². The molecular formula is C24H22FN2NaO3. The molecule has 0 atom stereocenters. The van der Waals surface area contributed by atoms with Crippen LogP contribution in [-0.2, 0) is 6.61 Å². The van der Waals surface area contributed by atoms with E-state index in [0.717, 1.165) is 41.0 Å². The normalized spacial score (nSPS) is 15.3. The Morgan fingerprint density at radius 3 is 2.65 bits per heavy atom. The molecule has 1 aliphatic heterocycles. The van der Waals surface area contributed by atoms with Crippen LogP contribution in [0.25, 0.3) is 5.57 Å². The van der Waals surface area contributed by atoms with Crippen LogP contribution in [0.15, 0.2) is 72.1 Å². The summed E-state index contributed by atoms with van der Waals surface area (Å²) in [6.45, 7) is 2.41. The number of rotatable bonds is 5. The fourth-order valence-corrected chi connectivity index (χ4v) is 3.75. The van der Waals surface area contributed by atoms with Crippen LogP contribution in [0.1, 0.15) is 36.0 Å².